The number of halogens is 1. The molecule has 9 nitrogen and oxygen atoms in total. The van der Waals surface area contributed by atoms with Gasteiger partial charge < -0.3 is 20.5 Å². The van der Waals surface area contributed by atoms with E-state index >= 15 is 0 Å². The predicted molar refractivity (Wildman–Crippen MR) is 118 cm³/mol. The first-order valence-corrected chi connectivity index (χ1v) is 10.6. The standard InChI is InChI=1S/C22H27FN6O3/c1-22(2,31)18(23)12-26-21(30)16-11-25-19(9-17(16)28-15-4-7-32-8-5-15)29-6-3-14-10-24-13-27-20(14)29/h3,6,9-11,13,15,18,31H,4-5,7-8,12H2,1-2H3,(H,25,28)(H,26,30)/t18-/m1/s1. The molecule has 1 fully saturated rings. The van der Waals surface area contributed by atoms with Crippen LogP contribution in [0.1, 0.15) is 37.0 Å². The summed E-state index contributed by atoms with van der Waals surface area (Å²) >= 11 is 0. The van der Waals surface area contributed by atoms with Gasteiger partial charge in [-0.1, -0.05) is 0 Å². The zero-order valence-electron chi connectivity index (χ0n) is 18.1. The van der Waals surface area contributed by atoms with Crippen LogP contribution >= 0.6 is 0 Å². The molecule has 0 saturated carbocycles. The summed E-state index contributed by atoms with van der Waals surface area (Å²) < 4.78 is 21.4. The van der Waals surface area contributed by atoms with Gasteiger partial charge in [0.2, 0.25) is 0 Å². The lowest BCUT2D eigenvalue weighted by atomic mass is 10.0. The van der Waals surface area contributed by atoms with Crippen molar-refractivity contribution in [3.63, 3.8) is 0 Å². The van der Waals surface area contributed by atoms with Gasteiger partial charge in [0, 0.05) is 49.3 Å². The molecule has 0 spiro atoms. The molecule has 0 aliphatic carbocycles. The van der Waals surface area contributed by atoms with Crippen molar-refractivity contribution in [2.24, 2.45) is 0 Å². The molecule has 3 aromatic heterocycles. The molecule has 0 aromatic carbocycles. The second-order valence-corrected chi connectivity index (χ2v) is 8.44. The monoisotopic (exact) mass is 442 g/mol. The summed E-state index contributed by atoms with van der Waals surface area (Å²) in [4.78, 5) is 25.7. The first-order valence-electron chi connectivity index (χ1n) is 10.6. The van der Waals surface area contributed by atoms with Crippen LogP contribution in [0.2, 0.25) is 0 Å². The molecule has 10 heteroatoms. The van der Waals surface area contributed by atoms with Crippen molar-refractivity contribution >= 4 is 22.6 Å². The van der Waals surface area contributed by atoms with E-state index in [-0.39, 0.29) is 12.6 Å². The van der Waals surface area contributed by atoms with Crippen molar-refractivity contribution < 1.29 is 19.0 Å². The molecule has 0 bridgehead atoms. The molecule has 1 aliphatic heterocycles. The van der Waals surface area contributed by atoms with Crippen LogP contribution in [0.15, 0.2) is 37.1 Å². The maximum absolute atomic E-state index is 14.1. The van der Waals surface area contributed by atoms with E-state index in [1.165, 1.54) is 26.4 Å². The topological polar surface area (TPSA) is 114 Å². The number of hydrogen-bond donors (Lipinski definition) is 3. The van der Waals surface area contributed by atoms with Gasteiger partial charge in [-0.05, 0) is 32.8 Å². The molecule has 0 unspecified atom stereocenters. The lowest BCUT2D eigenvalue weighted by Gasteiger charge is -2.26. The van der Waals surface area contributed by atoms with Crippen LogP contribution in [0.5, 0.6) is 0 Å². The van der Waals surface area contributed by atoms with Crippen molar-refractivity contribution in [3.8, 4) is 5.82 Å². The molecule has 4 heterocycles. The zero-order valence-corrected chi connectivity index (χ0v) is 18.1. The Morgan fingerprint density at radius 2 is 2.12 bits per heavy atom. The third-order valence-electron chi connectivity index (χ3n) is 5.52. The summed E-state index contributed by atoms with van der Waals surface area (Å²) in [5.74, 6) is 0.120. The van der Waals surface area contributed by atoms with Crippen LogP contribution in [-0.4, -0.2) is 68.1 Å². The minimum absolute atomic E-state index is 0.139. The van der Waals surface area contributed by atoms with Crippen LogP contribution in [0.4, 0.5) is 10.1 Å². The normalized spacial score (nSPS) is 16.1. The van der Waals surface area contributed by atoms with Gasteiger partial charge in [-0.2, -0.15) is 0 Å². The Bertz CT molecular complexity index is 1090. The number of ether oxygens (including phenoxy) is 1. The summed E-state index contributed by atoms with van der Waals surface area (Å²) in [6.45, 7) is 3.71. The molecule has 1 saturated heterocycles. The van der Waals surface area contributed by atoms with Gasteiger partial charge in [0.1, 0.15) is 24.0 Å². The fourth-order valence-electron chi connectivity index (χ4n) is 3.53. The molecule has 3 N–H and O–H groups in total. The highest BCUT2D eigenvalue weighted by Gasteiger charge is 2.27. The maximum Gasteiger partial charge on any atom is 0.255 e. The van der Waals surface area contributed by atoms with Gasteiger partial charge >= 0.3 is 0 Å². The second-order valence-electron chi connectivity index (χ2n) is 8.44. The van der Waals surface area contributed by atoms with Gasteiger partial charge in [-0.25, -0.2) is 19.3 Å². The Morgan fingerprint density at radius 3 is 2.88 bits per heavy atom. The predicted octanol–water partition coefficient (Wildman–Crippen LogP) is 2.25. The van der Waals surface area contributed by atoms with E-state index in [4.69, 9.17) is 4.74 Å². The van der Waals surface area contributed by atoms with Gasteiger partial charge in [-0.15, -0.1) is 0 Å². The summed E-state index contributed by atoms with van der Waals surface area (Å²) in [7, 11) is 0. The van der Waals surface area contributed by atoms with Crippen molar-refractivity contribution in [2.45, 2.75) is 44.5 Å². The lowest BCUT2D eigenvalue weighted by molar-refractivity contribution is -0.00177. The Balaban J connectivity index is 1.63. The molecule has 1 atom stereocenters. The SMILES string of the molecule is CC(C)(O)[C@H](F)CNC(=O)c1cnc(-n2ccc3cncnc32)cc1NC1CCOCC1. The number of amides is 1. The van der Waals surface area contributed by atoms with Crippen LogP contribution in [-0.2, 0) is 4.74 Å². The zero-order chi connectivity index (χ0) is 22.7. The number of aliphatic hydroxyl groups is 1. The van der Waals surface area contributed by atoms with Crippen LogP contribution in [0, 0.1) is 0 Å². The van der Waals surface area contributed by atoms with E-state index in [0.29, 0.717) is 35.9 Å². The number of aromatic nitrogens is 4. The molecule has 3 aromatic rings. The van der Waals surface area contributed by atoms with E-state index in [2.05, 4.69) is 25.6 Å². The highest BCUT2D eigenvalue weighted by Crippen LogP contribution is 2.24. The Labute approximate surface area is 185 Å². The van der Waals surface area contributed by atoms with Gasteiger partial charge in [0.25, 0.3) is 5.91 Å². The third kappa shape index (κ3) is 4.86. The number of rotatable bonds is 7. The van der Waals surface area contributed by atoms with E-state index in [9.17, 15) is 14.3 Å². The van der Waals surface area contributed by atoms with Crippen molar-refractivity contribution in [1.82, 2.24) is 24.8 Å². The summed E-state index contributed by atoms with van der Waals surface area (Å²) in [6.07, 6.45) is 6.52. The van der Waals surface area contributed by atoms with Crippen molar-refractivity contribution in [1.29, 1.82) is 0 Å². The summed E-state index contributed by atoms with van der Waals surface area (Å²) in [6, 6.07) is 3.82. The highest BCUT2D eigenvalue weighted by molar-refractivity contribution is 5.99. The Hall–Kier alpha value is -3.11. The van der Waals surface area contributed by atoms with E-state index in [1.54, 1.807) is 12.3 Å². The lowest BCUT2D eigenvalue weighted by Crippen LogP contribution is -2.42. The number of fused-ring (bicyclic) bond motifs is 1. The number of alkyl halides is 1. The molecule has 1 aliphatic rings. The number of nitrogens with zero attached hydrogens (tertiary/aromatic N) is 4. The number of nitrogens with one attached hydrogen (secondary N) is 2. The molecule has 4 rings (SSSR count). The van der Waals surface area contributed by atoms with E-state index in [0.717, 1.165) is 18.2 Å². The third-order valence-corrected chi connectivity index (χ3v) is 5.52. The largest absolute Gasteiger partial charge is 0.387 e. The van der Waals surface area contributed by atoms with Gasteiger partial charge in [0.05, 0.1) is 23.4 Å². The Morgan fingerprint density at radius 1 is 1.34 bits per heavy atom. The fourth-order valence-corrected chi connectivity index (χ4v) is 3.53. The van der Waals surface area contributed by atoms with Crippen LogP contribution in [0.3, 0.4) is 0 Å². The number of carbonyl (C=O) groups excluding carboxylic acids is 1. The number of carbonyl (C=O) groups is 1. The number of anilines is 1. The molecular weight excluding hydrogens is 415 g/mol. The minimum Gasteiger partial charge on any atom is -0.387 e. The van der Waals surface area contributed by atoms with E-state index in [1.807, 2.05) is 16.8 Å². The molecule has 1 amide bonds. The molecule has 0 radical (unpaired) electrons. The molecule has 170 valence electrons. The first kappa shape index (κ1) is 22.1. The van der Waals surface area contributed by atoms with Gasteiger partial charge in [0.15, 0.2) is 0 Å². The van der Waals surface area contributed by atoms with Crippen LogP contribution < -0.4 is 10.6 Å². The first-order chi connectivity index (χ1) is 15.3. The number of hydrogen-bond acceptors (Lipinski definition) is 7. The molecule has 32 heavy (non-hydrogen) atoms. The average Bonchev–Trinajstić information content (AvgIpc) is 3.21. The molecular formula is C22H27FN6O3. The Kier molecular flexibility index (Phi) is 6.33. The van der Waals surface area contributed by atoms with E-state index < -0.39 is 17.7 Å². The smallest absolute Gasteiger partial charge is 0.255 e. The van der Waals surface area contributed by atoms with Crippen LogP contribution in [0.25, 0.3) is 16.9 Å². The quantitative estimate of drug-likeness (QED) is 0.514. The fraction of sp³-hybridized carbons (Fsp3) is 0.455. The summed E-state index contributed by atoms with van der Waals surface area (Å²) in [5.41, 5.74) is 0.0472. The highest BCUT2D eigenvalue weighted by atomic mass is 19.1. The summed E-state index contributed by atoms with van der Waals surface area (Å²) in [5, 5.41) is 16.7. The minimum atomic E-state index is -1.60. The van der Waals surface area contributed by atoms with Crippen molar-refractivity contribution in [3.05, 3.63) is 42.6 Å². The number of pyridine rings is 1. The van der Waals surface area contributed by atoms with Crippen molar-refractivity contribution in [2.75, 3.05) is 25.1 Å². The maximum atomic E-state index is 14.1. The average molecular weight is 442 g/mol. The van der Waals surface area contributed by atoms with Gasteiger partial charge in [-0.3, -0.25) is 9.36 Å². The second kappa shape index (κ2) is 9.17.